The van der Waals surface area contributed by atoms with Crippen molar-refractivity contribution in [3.8, 4) is 17.2 Å². The first-order valence-electron chi connectivity index (χ1n) is 10.8. The second kappa shape index (κ2) is 10.7. The molecule has 1 aliphatic heterocycles. The Labute approximate surface area is 228 Å². The van der Waals surface area contributed by atoms with Crippen molar-refractivity contribution in [2.75, 3.05) is 19.1 Å². The van der Waals surface area contributed by atoms with Crippen LogP contribution in [0.3, 0.4) is 0 Å². The molecule has 2 aromatic heterocycles. The fourth-order valence-corrected chi connectivity index (χ4v) is 4.12. The van der Waals surface area contributed by atoms with E-state index < -0.39 is 17.8 Å². The normalized spacial score (nSPS) is 14.6. The Morgan fingerprint density at radius 1 is 1.19 bits per heavy atom. The second-order valence-electron chi connectivity index (χ2n) is 7.99. The Hall–Kier alpha value is -3.34. The van der Waals surface area contributed by atoms with Crippen molar-refractivity contribution in [3.63, 3.8) is 0 Å². The van der Waals surface area contributed by atoms with E-state index in [4.69, 9.17) is 18.6 Å². The Morgan fingerprint density at radius 3 is 2.72 bits per heavy atom. The number of methoxy groups -OCH3 is 2. The smallest absolute Gasteiger partial charge is 0.548 e. The number of benzene rings is 2. The summed E-state index contributed by atoms with van der Waals surface area (Å²) in [6.07, 6.45) is 1.65. The minimum absolute atomic E-state index is 0. The van der Waals surface area contributed by atoms with Crippen molar-refractivity contribution in [2.45, 2.75) is 25.6 Å². The van der Waals surface area contributed by atoms with Gasteiger partial charge in [-0.25, -0.2) is 4.39 Å². The molecule has 9 nitrogen and oxygen atoms in total. The zero-order chi connectivity index (χ0) is 24.5. The van der Waals surface area contributed by atoms with Crippen LogP contribution < -0.4 is 53.8 Å². The molecule has 0 bridgehead atoms. The van der Waals surface area contributed by atoms with Crippen molar-refractivity contribution in [2.24, 2.45) is 0 Å². The first kappa shape index (κ1) is 25.7. The summed E-state index contributed by atoms with van der Waals surface area (Å²) in [6, 6.07) is 10.1. The summed E-state index contributed by atoms with van der Waals surface area (Å²) in [4.78, 5) is 22.3. The molecular weight excluding hydrogens is 480 g/mol. The minimum Gasteiger partial charge on any atom is -0.548 e. The number of hydrogen-bond donors (Lipinski definition) is 0. The van der Waals surface area contributed by atoms with Crippen LogP contribution in [0.2, 0.25) is 0 Å². The van der Waals surface area contributed by atoms with Gasteiger partial charge in [-0.1, -0.05) is 6.07 Å². The van der Waals surface area contributed by atoms with E-state index in [1.165, 1.54) is 30.2 Å². The average Bonchev–Trinajstić information content (AvgIpc) is 3.29. The summed E-state index contributed by atoms with van der Waals surface area (Å²) in [5.74, 6) is -0.230. The van der Waals surface area contributed by atoms with Gasteiger partial charge in [0.15, 0.2) is 17.1 Å². The van der Waals surface area contributed by atoms with E-state index in [-0.39, 0.29) is 60.7 Å². The summed E-state index contributed by atoms with van der Waals surface area (Å²) in [6.45, 7) is 0.317. The maximum atomic E-state index is 13.6. The summed E-state index contributed by atoms with van der Waals surface area (Å²) in [5.41, 5.74) is 2.82. The fourth-order valence-electron chi connectivity index (χ4n) is 4.12. The van der Waals surface area contributed by atoms with Crippen molar-refractivity contribution >= 4 is 23.1 Å². The number of ether oxygens (including phenoxy) is 3. The number of fused-ring (bicyclic) bond motifs is 2. The largest absolute Gasteiger partial charge is 1.00 e. The number of aromatic nitrogens is 2. The summed E-state index contributed by atoms with van der Waals surface area (Å²) in [5, 5.41) is 12.1. The number of carbonyl (C=O) groups excluding carboxylic acids is 1. The van der Waals surface area contributed by atoms with Crippen LogP contribution >= 0.6 is 0 Å². The van der Waals surface area contributed by atoms with Crippen LogP contribution in [-0.2, 0) is 24.4 Å². The van der Waals surface area contributed by atoms with Gasteiger partial charge in [0.05, 0.1) is 38.1 Å². The number of carboxylic acids is 1. The number of halogens is 1. The first-order chi connectivity index (χ1) is 17.0. The number of oxazole rings is 1. The summed E-state index contributed by atoms with van der Waals surface area (Å²) < 4.78 is 36.0. The van der Waals surface area contributed by atoms with Gasteiger partial charge in [0.2, 0.25) is 0 Å². The zero-order valence-corrected chi connectivity index (χ0v) is 22.0. The zero-order valence-electron chi connectivity index (χ0n) is 20.0. The molecule has 1 unspecified atom stereocenters. The molecule has 0 fully saturated rings. The van der Waals surface area contributed by atoms with Crippen LogP contribution in [-0.4, -0.2) is 36.2 Å². The van der Waals surface area contributed by atoms with Crippen LogP contribution in [0, 0.1) is 5.82 Å². The quantitative estimate of drug-likeness (QED) is 0.314. The molecule has 3 heterocycles. The van der Waals surface area contributed by atoms with Crippen molar-refractivity contribution in [1.82, 2.24) is 9.97 Å². The molecule has 0 saturated heterocycles. The van der Waals surface area contributed by atoms with E-state index in [0.29, 0.717) is 34.0 Å². The summed E-state index contributed by atoms with van der Waals surface area (Å²) in [7, 11) is 3.08. The molecule has 1 aliphatic rings. The first-order valence-corrected chi connectivity index (χ1v) is 10.8. The van der Waals surface area contributed by atoms with Gasteiger partial charge in [0.25, 0.3) is 6.01 Å². The number of aliphatic carboxylic acids is 1. The Balaban J connectivity index is 0.00000304. The standard InChI is InChI=1S/C25H22FN3O6.Na/c1-32-17-6-5-16(27-11-17)13-34-23-18-10-20(24(30)31)29(12-14(18)3-8-21(23)33-2)25-28-19-7-4-15(26)9-22(19)35-25;/h3-9,11,20H,10,12-13H2,1-2H3,(H,30,31);/q;+1/p-1. The number of carboxylic acid groups (broad SMARTS) is 1. The monoisotopic (exact) mass is 501 g/mol. The van der Waals surface area contributed by atoms with E-state index in [9.17, 15) is 14.3 Å². The molecule has 0 aliphatic carbocycles. The fraction of sp³-hybridized carbons (Fsp3) is 0.240. The molecule has 11 heteroatoms. The van der Waals surface area contributed by atoms with Crippen molar-refractivity contribution in [3.05, 3.63) is 71.3 Å². The van der Waals surface area contributed by atoms with Gasteiger partial charge < -0.3 is 33.4 Å². The molecule has 0 spiro atoms. The number of hydrogen-bond acceptors (Lipinski definition) is 9. The van der Waals surface area contributed by atoms with Gasteiger partial charge in [-0.05, 0) is 35.9 Å². The number of anilines is 1. The van der Waals surface area contributed by atoms with Gasteiger partial charge >= 0.3 is 29.6 Å². The predicted octanol–water partition coefficient (Wildman–Crippen LogP) is -0.357. The topological polar surface area (TPSA) is 110 Å². The van der Waals surface area contributed by atoms with Crippen LogP contribution in [0.25, 0.3) is 11.1 Å². The molecule has 180 valence electrons. The molecule has 0 amide bonds. The third-order valence-corrected chi connectivity index (χ3v) is 5.91. The number of rotatable bonds is 7. The summed E-state index contributed by atoms with van der Waals surface area (Å²) >= 11 is 0. The molecule has 0 radical (unpaired) electrons. The van der Waals surface area contributed by atoms with Crippen LogP contribution in [0.5, 0.6) is 17.2 Å². The van der Waals surface area contributed by atoms with Crippen molar-refractivity contribution in [1.29, 1.82) is 0 Å². The third kappa shape index (κ3) is 4.97. The average molecular weight is 501 g/mol. The van der Waals surface area contributed by atoms with E-state index in [1.807, 2.05) is 6.07 Å². The number of pyridine rings is 1. The molecule has 1 atom stereocenters. The Morgan fingerprint density at radius 2 is 2.03 bits per heavy atom. The van der Waals surface area contributed by atoms with E-state index in [0.717, 1.165) is 5.56 Å². The Bertz CT molecular complexity index is 1390. The second-order valence-corrected chi connectivity index (χ2v) is 7.99. The van der Waals surface area contributed by atoms with E-state index in [1.54, 1.807) is 31.5 Å². The maximum absolute atomic E-state index is 13.6. The van der Waals surface area contributed by atoms with Gasteiger partial charge in [-0.2, -0.15) is 4.98 Å². The molecule has 5 rings (SSSR count). The predicted molar refractivity (Wildman–Crippen MR) is 121 cm³/mol. The van der Waals surface area contributed by atoms with Gasteiger partial charge in [-0.3, -0.25) is 4.98 Å². The van der Waals surface area contributed by atoms with Crippen molar-refractivity contribution < 1.29 is 62.5 Å². The molecule has 4 aromatic rings. The molecule has 0 saturated carbocycles. The van der Waals surface area contributed by atoms with Gasteiger partial charge in [0, 0.05) is 24.6 Å². The molecule has 0 N–H and O–H groups in total. The van der Waals surface area contributed by atoms with Crippen LogP contribution in [0.15, 0.2) is 53.1 Å². The molecular formula is C25H21FN3NaO6. The van der Waals surface area contributed by atoms with Gasteiger partial charge in [0.1, 0.15) is 23.7 Å². The minimum atomic E-state index is -1.30. The SMILES string of the molecule is COc1ccc(COc2c(OC)ccc3c2CC(C(=O)[O-])N(c2nc4ccc(F)cc4o2)C3)nc1.[Na+]. The Kier molecular flexibility index (Phi) is 7.67. The molecule has 2 aromatic carbocycles. The van der Waals surface area contributed by atoms with Crippen LogP contribution in [0.4, 0.5) is 10.4 Å². The molecule has 36 heavy (non-hydrogen) atoms. The number of carbonyl (C=O) groups is 1. The number of nitrogens with zero attached hydrogens (tertiary/aromatic N) is 3. The maximum Gasteiger partial charge on any atom is 1.00 e. The third-order valence-electron chi connectivity index (χ3n) is 5.91. The van der Waals surface area contributed by atoms with E-state index >= 15 is 0 Å². The van der Waals surface area contributed by atoms with E-state index in [2.05, 4.69) is 9.97 Å². The van der Waals surface area contributed by atoms with Crippen LogP contribution in [0.1, 0.15) is 16.8 Å². The van der Waals surface area contributed by atoms with Gasteiger partial charge in [-0.15, -0.1) is 0 Å².